The summed E-state index contributed by atoms with van der Waals surface area (Å²) in [4.78, 5) is 14.8. The van der Waals surface area contributed by atoms with E-state index in [1.807, 2.05) is 18.2 Å². The molecule has 2 unspecified atom stereocenters. The van der Waals surface area contributed by atoms with Crippen LogP contribution in [-0.2, 0) is 9.53 Å². The zero-order chi connectivity index (χ0) is 19.6. The van der Waals surface area contributed by atoms with Crippen LogP contribution in [-0.4, -0.2) is 56.3 Å². The number of nitrogens with one attached hydrogen (secondary N) is 1. The number of carbonyl (C=O) groups is 1. The number of amides is 1. The van der Waals surface area contributed by atoms with Crippen LogP contribution in [0.4, 0.5) is 0 Å². The minimum Gasteiger partial charge on any atom is -0.483 e. The lowest BCUT2D eigenvalue weighted by Gasteiger charge is -2.35. The molecule has 0 saturated carbocycles. The molecule has 1 heterocycles. The number of rotatable bonds is 10. The minimum atomic E-state index is -0.0593. The molecule has 27 heavy (non-hydrogen) atoms. The molecule has 5 nitrogen and oxygen atoms in total. The maximum Gasteiger partial charge on any atom is 0.257 e. The first kappa shape index (κ1) is 21.7. The first-order chi connectivity index (χ1) is 13.0. The van der Waals surface area contributed by atoms with Crippen molar-refractivity contribution in [1.82, 2.24) is 10.2 Å². The quantitative estimate of drug-likeness (QED) is 0.680. The molecule has 0 radical (unpaired) electrons. The molecule has 0 bridgehead atoms. The lowest BCUT2D eigenvalue weighted by atomic mass is 9.98. The van der Waals surface area contributed by atoms with Gasteiger partial charge in [0.15, 0.2) is 6.61 Å². The smallest absolute Gasteiger partial charge is 0.257 e. The van der Waals surface area contributed by atoms with Crippen LogP contribution in [0, 0.1) is 5.92 Å². The molecule has 1 aromatic carbocycles. The lowest BCUT2D eigenvalue weighted by Crippen LogP contribution is -2.49. The molecule has 2 rings (SSSR count). The molecular weight excluding hydrogens is 340 g/mol. The Labute approximate surface area is 164 Å². The van der Waals surface area contributed by atoms with E-state index in [4.69, 9.17) is 9.47 Å². The monoisotopic (exact) mass is 376 g/mol. The van der Waals surface area contributed by atoms with Crippen LogP contribution in [0.3, 0.4) is 0 Å². The first-order valence-corrected chi connectivity index (χ1v) is 10.3. The van der Waals surface area contributed by atoms with Crippen molar-refractivity contribution in [3.63, 3.8) is 0 Å². The van der Waals surface area contributed by atoms with E-state index in [-0.39, 0.29) is 12.5 Å². The highest BCUT2D eigenvalue weighted by Gasteiger charge is 2.22. The van der Waals surface area contributed by atoms with Crippen molar-refractivity contribution < 1.29 is 14.3 Å². The second-order valence-corrected chi connectivity index (χ2v) is 7.87. The highest BCUT2D eigenvalue weighted by atomic mass is 16.5. The van der Waals surface area contributed by atoms with E-state index >= 15 is 0 Å². The van der Waals surface area contributed by atoms with E-state index in [2.05, 4.69) is 44.0 Å². The number of ether oxygens (including phenoxy) is 2. The number of carbonyl (C=O) groups excluding carboxylic acids is 1. The summed E-state index contributed by atoms with van der Waals surface area (Å²) in [5.41, 5.74) is 1.17. The second-order valence-electron chi connectivity index (χ2n) is 7.87. The molecule has 1 aliphatic heterocycles. The van der Waals surface area contributed by atoms with Crippen molar-refractivity contribution in [2.75, 3.05) is 39.5 Å². The third-order valence-corrected chi connectivity index (χ3v) is 5.26. The van der Waals surface area contributed by atoms with E-state index in [9.17, 15) is 4.79 Å². The highest BCUT2D eigenvalue weighted by Crippen LogP contribution is 2.28. The Bertz CT molecular complexity index is 570. The molecule has 1 saturated heterocycles. The summed E-state index contributed by atoms with van der Waals surface area (Å²) in [7, 11) is 0. The normalized spacial score (nSPS) is 17.5. The maximum absolute atomic E-state index is 12.4. The SMILES string of the molecule is CCC(C)c1ccccc1OCC(=O)NCC(CC(C)C)N1CCOCC1. The Morgan fingerprint density at radius 1 is 1.22 bits per heavy atom. The molecule has 0 aliphatic carbocycles. The predicted molar refractivity (Wildman–Crippen MR) is 109 cm³/mol. The zero-order valence-electron chi connectivity index (χ0n) is 17.4. The van der Waals surface area contributed by atoms with Gasteiger partial charge in [0.1, 0.15) is 5.75 Å². The molecule has 2 atom stereocenters. The van der Waals surface area contributed by atoms with Gasteiger partial charge < -0.3 is 14.8 Å². The van der Waals surface area contributed by atoms with Gasteiger partial charge in [0.25, 0.3) is 5.91 Å². The van der Waals surface area contributed by atoms with Gasteiger partial charge in [-0.1, -0.05) is 45.9 Å². The summed E-state index contributed by atoms with van der Waals surface area (Å²) in [6.45, 7) is 12.9. The van der Waals surface area contributed by atoms with Gasteiger partial charge in [-0.25, -0.2) is 0 Å². The fourth-order valence-corrected chi connectivity index (χ4v) is 3.51. The van der Waals surface area contributed by atoms with Crippen LogP contribution in [0.15, 0.2) is 24.3 Å². The van der Waals surface area contributed by atoms with Crippen molar-refractivity contribution in [3.8, 4) is 5.75 Å². The third kappa shape index (κ3) is 7.15. The molecule has 0 spiro atoms. The molecule has 1 aliphatic rings. The molecule has 0 aromatic heterocycles. The number of hydrogen-bond donors (Lipinski definition) is 1. The van der Waals surface area contributed by atoms with Crippen molar-refractivity contribution >= 4 is 5.91 Å². The Morgan fingerprint density at radius 2 is 1.93 bits per heavy atom. The Kier molecular flexibility index (Phi) is 9.08. The average Bonchev–Trinajstić information content (AvgIpc) is 2.69. The Balaban J connectivity index is 1.85. The summed E-state index contributed by atoms with van der Waals surface area (Å²) in [5, 5.41) is 3.07. The highest BCUT2D eigenvalue weighted by molar-refractivity contribution is 5.77. The average molecular weight is 377 g/mol. The number of para-hydroxylation sites is 1. The predicted octanol–water partition coefficient (Wildman–Crippen LogP) is 3.44. The van der Waals surface area contributed by atoms with Crippen molar-refractivity contribution in [2.45, 2.75) is 52.5 Å². The first-order valence-electron chi connectivity index (χ1n) is 10.3. The minimum absolute atomic E-state index is 0.0593. The summed E-state index contributed by atoms with van der Waals surface area (Å²) in [6, 6.07) is 8.36. The summed E-state index contributed by atoms with van der Waals surface area (Å²) < 4.78 is 11.3. The number of nitrogens with zero attached hydrogens (tertiary/aromatic N) is 1. The molecular formula is C22H36N2O3. The molecule has 152 valence electrons. The van der Waals surface area contributed by atoms with Gasteiger partial charge in [-0.05, 0) is 36.3 Å². The van der Waals surface area contributed by atoms with Crippen molar-refractivity contribution in [2.24, 2.45) is 5.92 Å². The van der Waals surface area contributed by atoms with Gasteiger partial charge in [0, 0.05) is 25.7 Å². The van der Waals surface area contributed by atoms with E-state index in [1.54, 1.807) is 0 Å². The number of hydrogen-bond acceptors (Lipinski definition) is 4. The summed E-state index contributed by atoms with van der Waals surface area (Å²) in [5.74, 6) is 1.76. The standard InChI is InChI=1S/C22H36N2O3/c1-5-18(4)20-8-6-7-9-21(20)27-16-22(25)23-15-19(14-17(2)3)24-10-12-26-13-11-24/h6-9,17-19H,5,10-16H2,1-4H3,(H,23,25). The fourth-order valence-electron chi connectivity index (χ4n) is 3.51. The Morgan fingerprint density at radius 3 is 2.59 bits per heavy atom. The van der Waals surface area contributed by atoms with Gasteiger partial charge in [-0.15, -0.1) is 0 Å². The third-order valence-electron chi connectivity index (χ3n) is 5.26. The topological polar surface area (TPSA) is 50.8 Å². The van der Waals surface area contributed by atoms with Crippen LogP contribution in [0.2, 0.25) is 0 Å². The van der Waals surface area contributed by atoms with Crippen LogP contribution in [0.25, 0.3) is 0 Å². The van der Waals surface area contributed by atoms with Gasteiger partial charge in [-0.2, -0.15) is 0 Å². The second kappa shape index (κ2) is 11.3. The van der Waals surface area contributed by atoms with E-state index in [0.29, 0.717) is 24.4 Å². The van der Waals surface area contributed by atoms with Gasteiger partial charge >= 0.3 is 0 Å². The number of benzene rings is 1. The summed E-state index contributed by atoms with van der Waals surface area (Å²) >= 11 is 0. The molecule has 1 amide bonds. The zero-order valence-corrected chi connectivity index (χ0v) is 17.4. The molecule has 1 fully saturated rings. The van der Waals surface area contributed by atoms with Crippen LogP contribution in [0.5, 0.6) is 5.75 Å². The molecule has 1 N–H and O–H groups in total. The van der Waals surface area contributed by atoms with E-state index in [1.165, 1.54) is 5.56 Å². The van der Waals surface area contributed by atoms with E-state index < -0.39 is 0 Å². The van der Waals surface area contributed by atoms with Gasteiger partial charge in [0.05, 0.1) is 13.2 Å². The van der Waals surface area contributed by atoms with Crippen molar-refractivity contribution in [1.29, 1.82) is 0 Å². The fraction of sp³-hybridized carbons (Fsp3) is 0.682. The van der Waals surface area contributed by atoms with Crippen molar-refractivity contribution in [3.05, 3.63) is 29.8 Å². The molecule has 1 aromatic rings. The maximum atomic E-state index is 12.4. The van der Waals surface area contributed by atoms with E-state index in [0.717, 1.165) is 44.9 Å². The van der Waals surface area contributed by atoms with Crippen LogP contribution < -0.4 is 10.1 Å². The van der Waals surface area contributed by atoms with Gasteiger partial charge in [-0.3, -0.25) is 9.69 Å². The lowest BCUT2D eigenvalue weighted by molar-refractivity contribution is -0.123. The van der Waals surface area contributed by atoms with Crippen LogP contribution in [0.1, 0.15) is 52.0 Å². The van der Waals surface area contributed by atoms with Gasteiger partial charge in [0.2, 0.25) is 0 Å². The largest absolute Gasteiger partial charge is 0.483 e. The summed E-state index contributed by atoms with van der Waals surface area (Å²) in [6.07, 6.45) is 2.11. The Hall–Kier alpha value is -1.59. The van der Waals surface area contributed by atoms with Crippen LogP contribution >= 0.6 is 0 Å². The molecule has 5 heteroatoms. The number of morpholine rings is 1.